The fourth-order valence-corrected chi connectivity index (χ4v) is 3.32. The number of fused-ring (bicyclic) bond motifs is 1. The Bertz CT molecular complexity index is 565. The lowest BCUT2D eigenvalue weighted by atomic mass is 10.0. The molecule has 1 aromatic rings. The van der Waals surface area contributed by atoms with Crippen molar-refractivity contribution in [2.24, 2.45) is 5.92 Å². The summed E-state index contributed by atoms with van der Waals surface area (Å²) in [6.45, 7) is 3.16. The van der Waals surface area contributed by atoms with Crippen LogP contribution in [0.2, 0.25) is 0 Å². The first-order chi connectivity index (χ1) is 10.8. The van der Waals surface area contributed by atoms with Crippen LogP contribution in [0.4, 0.5) is 0 Å². The molecule has 1 aliphatic carbocycles. The van der Waals surface area contributed by atoms with Crippen molar-refractivity contribution in [3.05, 3.63) is 23.8 Å². The van der Waals surface area contributed by atoms with E-state index in [4.69, 9.17) is 9.47 Å². The van der Waals surface area contributed by atoms with Gasteiger partial charge in [-0.05, 0) is 56.5 Å². The van der Waals surface area contributed by atoms with Gasteiger partial charge in [-0.3, -0.25) is 9.69 Å². The van der Waals surface area contributed by atoms with Crippen molar-refractivity contribution in [1.29, 1.82) is 0 Å². The smallest absolute Gasteiger partial charge is 0.231 e. The van der Waals surface area contributed by atoms with Crippen LogP contribution in [0.15, 0.2) is 18.2 Å². The van der Waals surface area contributed by atoms with Crippen LogP contribution in [0.25, 0.3) is 0 Å². The fraction of sp³-hybridized carbons (Fsp3) is 0.588. The molecule has 4 rings (SSSR count). The number of amides is 1. The van der Waals surface area contributed by atoms with Gasteiger partial charge in [0.2, 0.25) is 12.7 Å². The van der Waals surface area contributed by atoms with Crippen molar-refractivity contribution < 1.29 is 14.3 Å². The molecule has 5 nitrogen and oxygen atoms in total. The highest BCUT2D eigenvalue weighted by atomic mass is 16.7. The van der Waals surface area contributed by atoms with Gasteiger partial charge in [0.25, 0.3) is 0 Å². The molecule has 2 aliphatic heterocycles. The number of carbonyl (C=O) groups excluding carboxylic acids is 1. The van der Waals surface area contributed by atoms with Gasteiger partial charge in [-0.15, -0.1) is 0 Å². The third kappa shape index (κ3) is 2.77. The summed E-state index contributed by atoms with van der Waals surface area (Å²) in [6, 6.07) is 6.36. The largest absolute Gasteiger partial charge is 0.454 e. The van der Waals surface area contributed by atoms with Gasteiger partial charge in [0.05, 0.1) is 6.04 Å². The monoisotopic (exact) mass is 302 g/mol. The Morgan fingerprint density at radius 3 is 2.77 bits per heavy atom. The quantitative estimate of drug-likeness (QED) is 0.905. The molecule has 1 aromatic carbocycles. The van der Waals surface area contributed by atoms with Gasteiger partial charge in [-0.25, -0.2) is 0 Å². The summed E-state index contributed by atoms with van der Waals surface area (Å²) >= 11 is 0. The fourth-order valence-electron chi connectivity index (χ4n) is 3.32. The zero-order valence-electron chi connectivity index (χ0n) is 12.7. The van der Waals surface area contributed by atoms with Crippen molar-refractivity contribution in [3.8, 4) is 11.5 Å². The molecule has 1 N–H and O–H groups in total. The summed E-state index contributed by atoms with van der Waals surface area (Å²) in [5, 5.41) is 3.14. The second kappa shape index (κ2) is 5.80. The number of ether oxygens (including phenoxy) is 2. The minimum Gasteiger partial charge on any atom is -0.454 e. The van der Waals surface area contributed by atoms with Crippen LogP contribution < -0.4 is 14.8 Å². The third-order valence-electron chi connectivity index (χ3n) is 4.78. The van der Waals surface area contributed by atoms with Gasteiger partial charge in [0, 0.05) is 12.5 Å². The van der Waals surface area contributed by atoms with Crippen molar-refractivity contribution in [3.63, 3.8) is 0 Å². The Morgan fingerprint density at radius 1 is 1.23 bits per heavy atom. The molecule has 2 fully saturated rings. The Balaban J connectivity index is 1.51. The van der Waals surface area contributed by atoms with Crippen LogP contribution in [0.3, 0.4) is 0 Å². The van der Waals surface area contributed by atoms with Crippen LogP contribution in [0.5, 0.6) is 11.5 Å². The topological polar surface area (TPSA) is 50.8 Å². The molecular formula is C17H22N2O3. The summed E-state index contributed by atoms with van der Waals surface area (Å²) in [4.78, 5) is 14.4. The predicted molar refractivity (Wildman–Crippen MR) is 81.8 cm³/mol. The van der Waals surface area contributed by atoms with E-state index >= 15 is 0 Å². The second-order valence-electron chi connectivity index (χ2n) is 6.39. The highest BCUT2D eigenvalue weighted by molar-refractivity contribution is 5.80. The lowest BCUT2D eigenvalue weighted by Gasteiger charge is -2.28. The zero-order chi connectivity index (χ0) is 14.9. The lowest BCUT2D eigenvalue weighted by Crippen LogP contribution is -2.37. The van der Waals surface area contributed by atoms with Gasteiger partial charge in [-0.2, -0.15) is 0 Å². The molecule has 22 heavy (non-hydrogen) atoms. The Labute approximate surface area is 130 Å². The summed E-state index contributed by atoms with van der Waals surface area (Å²) in [7, 11) is 0. The van der Waals surface area contributed by atoms with Gasteiger partial charge in [0.15, 0.2) is 11.5 Å². The highest BCUT2D eigenvalue weighted by Gasteiger charge is 2.31. The van der Waals surface area contributed by atoms with E-state index in [1.54, 1.807) is 0 Å². The van der Waals surface area contributed by atoms with Crippen LogP contribution in [0, 0.1) is 5.92 Å². The van der Waals surface area contributed by atoms with Crippen molar-refractivity contribution in [1.82, 2.24) is 10.2 Å². The van der Waals surface area contributed by atoms with Gasteiger partial charge in [0.1, 0.15) is 0 Å². The van der Waals surface area contributed by atoms with E-state index < -0.39 is 0 Å². The maximum Gasteiger partial charge on any atom is 0.231 e. The molecular weight excluding hydrogens is 280 g/mol. The summed E-state index contributed by atoms with van der Waals surface area (Å²) in [5.74, 6) is 2.10. The molecule has 1 saturated heterocycles. The molecule has 0 spiro atoms. The van der Waals surface area contributed by atoms with Gasteiger partial charge in [-0.1, -0.05) is 6.07 Å². The van der Waals surface area contributed by atoms with E-state index in [0.717, 1.165) is 37.4 Å². The maximum atomic E-state index is 12.0. The van der Waals surface area contributed by atoms with Crippen LogP contribution in [-0.4, -0.2) is 37.2 Å². The van der Waals surface area contributed by atoms with Crippen molar-refractivity contribution in [2.45, 2.75) is 31.7 Å². The van der Waals surface area contributed by atoms with E-state index in [1.165, 1.54) is 18.4 Å². The van der Waals surface area contributed by atoms with E-state index in [2.05, 4.69) is 22.3 Å². The first-order valence-electron chi connectivity index (χ1n) is 8.22. The van der Waals surface area contributed by atoms with Crippen molar-refractivity contribution >= 4 is 5.91 Å². The average molecular weight is 302 g/mol. The molecule has 2 heterocycles. The molecule has 0 unspecified atom stereocenters. The predicted octanol–water partition coefficient (Wildman–Crippen LogP) is 2.08. The summed E-state index contributed by atoms with van der Waals surface area (Å²) in [6.07, 6.45) is 4.56. The van der Waals surface area contributed by atoms with E-state index in [9.17, 15) is 4.79 Å². The summed E-state index contributed by atoms with van der Waals surface area (Å²) < 4.78 is 10.9. The molecule has 1 amide bonds. The Hall–Kier alpha value is -1.75. The van der Waals surface area contributed by atoms with Gasteiger partial charge >= 0.3 is 0 Å². The number of nitrogens with one attached hydrogen (secondary N) is 1. The molecule has 1 saturated carbocycles. The molecule has 0 radical (unpaired) electrons. The SMILES string of the molecule is O=C(NC[C@@H](c1ccc2c(c1)OCO2)N1CCCC1)C1CC1. The van der Waals surface area contributed by atoms with E-state index in [1.807, 2.05) is 6.07 Å². The number of likely N-dealkylation sites (tertiary alicyclic amines) is 1. The molecule has 5 heteroatoms. The number of hydrogen-bond acceptors (Lipinski definition) is 4. The number of hydrogen-bond donors (Lipinski definition) is 1. The molecule has 3 aliphatic rings. The molecule has 0 bridgehead atoms. The minimum atomic E-state index is 0.213. The average Bonchev–Trinajstić information content (AvgIpc) is 3.06. The Kier molecular flexibility index (Phi) is 3.66. The lowest BCUT2D eigenvalue weighted by molar-refractivity contribution is -0.122. The number of nitrogens with zero attached hydrogens (tertiary/aromatic N) is 1. The molecule has 1 atom stereocenters. The minimum absolute atomic E-state index is 0.213. The number of carbonyl (C=O) groups is 1. The van der Waals surface area contributed by atoms with Crippen LogP contribution >= 0.6 is 0 Å². The summed E-state index contributed by atoms with van der Waals surface area (Å²) in [5.41, 5.74) is 1.20. The molecule has 118 valence electrons. The maximum absolute atomic E-state index is 12.0. The zero-order valence-corrected chi connectivity index (χ0v) is 12.7. The third-order valence-corrected chi connectivity index (χ3v) is 4.78. The van der Waals surface area contributed by atoms with E-state index in [0.29, 0.717) is 13.3 Å². The van der Waals surface area contributed by atoms with Crippen molar-refractivity contribution in [2.75, 3.05) is 26.4 Å². The van der Waals surface area contributed by atoms with E-state index in [-0.39, 0.29) is 17.9 Å². The Morgan fingerprint density at radius 2 is 2.00 bits per heavy atom. The second-order valence-corrected chi connectivity index (χ2v) is 6.39. The number of rotatable bonds is 5. The van der Waals surface area contributed by atoms with Crippen LogP contribution in [-0.2, 0) is 4.79 Å². The van der Waals surface area contributed by atoms with Gasteiger partial charge < -0.3 is 14.8 Å². The standard InChI is InChI=1S/C17H22N2O3/c20-17(12-3-4-12)18-10-14(19-7-1-2-8-19)13-5-6-15-16(9-13)22-11-21-15/h5-6,9,12,14H,1-4,7-8,10-11H2,(H,18,20)/t14-/m0/s1. The van der Waals surface area contributed by atoms with Crippen LogP contribution in [0.1, 0.15) is 37.3 Å². The first kappa shape index (κ1) is 13.9. The first-order valence-corrected chi connectivity index (χ1v) is 8.22. The molecule has 0 aromatic heterocycles. The number of benzene rings is 1. The highest BCUT2D eigenvalue weighted by Crippen LogP contribution is 2.36. The normalized spacial score (nSPS) is 21.8.